The van der Waals surface area contributed by atoms with Gasteiger partial charge in [0.15, 0.2) is 0 Å². The maximum atomic E-state index is 12.7. The van der Waals surface area contributed by atoms with Crippen LogP contribution in [0.15, 0.2) is 6.20 Å². The van der Waals surface area contributed by atoms with Gasteiger partial charge < -0.3 is 10.6 Å². The predicted octanol–water partition coefficient (Wildman–Crippen LogP) is 1.53. The van der Waals surface area contributed by atoms with Crippen LogP contribution < -0.4 is 5.73 Å². The lowest BCUT2D eigenvalue weighted by atomic mass is 10.1. The van der Waals surface area contributed by atoms with Crippen molar-refractivity contribution in [3.63, 3.8) is 0 Å². The van der Waals surface area contributed by atoms with Gasteiger partial charge in [-0.15, -0.1) is 12.4 Å². The second-order valence-electron chi connectivity index (χ2n) is 5.99. The molecule has 1 aliphatic carbocycles. The Hall–Kier alpha value is -1.07. The first-order chi connectivity index (χ1) is 9.11. The van der Waals surface area contributed by atoms with Crippen LogP contribution in [0.1, 0.15) is 48.2 Å². The molecule has 1 aromatic rings. The molecule has 1 saturated carbocycles. The molecule has 112 valence electrons. The maximum absolute atomic E-state index is 12.7. The van der Waals surface area contributed by atoms with E-state index in [2.05, 4.69) is 12.0 Å². The van der Waals surface area contributed by atoms with E-state index >= 15 is 0 Å². The van der Waals surface area contributed by atoms with Gasteiger partial charge in [-0.3, -0.25) is 9.48 Å². The second-order valence-corrected chi connectivity index (χ2v) is 5.99. The van der Waals surface area contributed by atoms with E-state index in [1.165, 1.54) is 12.8 Å². The first kappa shape index (κ1) is 15.3. The fourth-order valence-electron chi connectivity index (χ4n) is 3.20. The van der Waals surface area contributed by atoms with E-state index in [1.54, 1.807) is 6.20 Å². The van der Waals surface area contributed by atoms with E-state index in [-0.39, 0.29) is 24.4 Å². The number of aromatic nitrogens is 2. The summed E-state index contributed by atoms with van der Waals surface area (Å²) < 4.78 is 1.87. The SMILES string of the molecule is CC1CC(CN)CN1C(=O)c1cnn(C)c1C1CC1.Cl. The lowest BCUT2D eigenvalue weighted by molar-refractivity contribution is 0.0742. The van der Waals surface area contributed by atoms with Crippen molar-refractivity contribution in [3.8, 4) is 0 Å². The number of amides is 1. The Morgan fingerprint density at radius 3 is 2.75 bits per heavy atom. The lowest BCUT2D eigenvalue weighted by Gasteiger charge is -2.21. The Kier molecular flexibility index (Phi) is 4.39. The van der Waals surface area contributed by atoms with Crippen molar-refractivity contribution in [1.29, 1.82) is 0 Å². The smallest absolute Gasteiger partial charge is 0.257 e. The molecule has 2 unspecified atom stereocenters. The van der Waals surface area contributed by atoms with Crippen LogP contribution >= 0.6 is 12.4 Å². The van der Waals surface area contributed by atoms with Crippen molar-refractivity contribution < 1.29 is 4.79 Å². The molecule has 5 nitrogen and oxygen atoms in total. The largest absolute Gasteiger partial charge is 0.335 e. The normalized spacial score (nSPS) is 25.6. The summed E-state index contributed by atoms with van der Waals surface area (Å²) in [5.41, 5.74) is 7.65. The summed E-state index contributed by atoms with van der Waals surface area (Å²) in [5.74, 6) is 1.12. The zero-order chi connectivity index (χ0) is 13.6. The maximum Gasteiger partial charge on any atom is 0.257 e. The molecule has 0 radical (unpaired) electrons. The van der Waals surface area contributed by atoms with Crippen LogP contribution in [-0.4, -0.2) is 39.7 Å². The molecule has 2 atom stereocenters. The van der Waals surface area contributed by atoms with Crippen LogP contribution in [0.4, 0.5) is 0 Å². The first-order valence-corrected chi connectivity index (χ1v) is 7.14. The van der Waals surface area contributed by atoms with Crippen molar-refractivity contribution in [2.24, 2.45) is 18.7 Å². The van der Waals surface area contributed by atoms with Crippen molar-refractivity contribution in [2.75, 3.05) is 13.1 Å². The Morgan fingerprint density at radius 1 is 1.50 bits per heavy atom. The molecule has 6 heteroatoms. The Bertz CT molecular complexity index is 497. The summed E-state index contributed by atoms with van der Waals surface area (Å²) >= 11 is 0. The summed E-state index contributed by atoms with van der Waals surface area (Å²) in [7, 11) is 1.93. The molecule has 2 fully saturated rings. The molecular weight excluding hydrogens is 276 g/mol. The molecule has 0 aromatic carbocycles. The highest BCUT2D eigenvalue weighted by atomic mass is 35.5. The highest BCUT2D eigenvalue weighted by Crippen LogP contribution is 2.42. The third kappa shape index (κ3) is 2.56. The summed E-state index contributed by atoms with van der Waals surface area (Å²) in [4.78, 5) is 14.7. The Balaban J connectivity index is 0.00000147. The van der Waals surface area contributed by atoms with Crippen molar-refractivity contribution in [3.05, 3.63) is 17.5 Å². The number of nitrogens with zero attached hydrogens (tertiary/aromatic N) is 3. The van der Waals surface area contributed by atoms with Crippen LogP contribution in [0.25, 0.3) is 0 Å². The fraction of sp³-hybridized carbons (Fsp3) is 0.714. The number of hydrogen-bond acceptors (Lipinski definition) is 3. The van der Waals surface area contributed by atoms with Gasteiger partial charge in [0.1, 0.15) is 0 Å². The molecule has 3 rings (SSSR count). The molecule has 2 aliphatic rings. The second kappa shape index (κ2) is 5.74. The molecule has 20 heavy (non-hydrogen) atoms. The summed E-state index contributed by atoms with van der Waals surface area (Å²) in [6.07, 6.45) is 5.11. The molecule has 2 N–H and O–H groups in total. The number of carbonyl (C=O) groups is 1. The predicted molar refractivity (Wildman–Crippen MR) is 80.1 cm³/mol. The number of halogens is 1. The number of hydrogen-bond donors (Lipinski definition) is 1. The first-order valence-electron chi connectivity index (χ1n) is 7.14. The number of carbonyl (C=O) groups excluding carboxylic acids is 1. The van der Waals surface area contributed by atoms with Gasteiger partial charge in [0, 0.05) is 25.6 Å². The van der Waals surface area contributed by atoms with Crippen molar-refractivity contribution in [2.45, 2.75) is 38.1 Å². The van der Waals surface area contributed by atoms with Crippen LogP contribution in [0.2, 0.25) is 0 Å². The van der Waals surface area contributed by atoms with Gasteiger partial charge in [-0.2, -0.15) is 5.10 Å². The monoisotopic (exact) mass is 298 g/mol. The summed E-state index contributed by atoms with van der Waals surface area (Å²) in [6, 6.07) is 0.285. The molecule has 1 aromatic heterocycles. The minimum atomic E-state index is 0. The van der Waals surface area contributed by atoms with E-state index in [4.69, 9.17) is 5.73 Å². The van der Waals surface area contributed by atoms with Crippen LogP contribution in [0.3, 0.4) is 0 Å². The molecular formula is C14H23ClN4O. The molecule has 2 heterocycles. The van der Waals surface area contributed by atoms with Crippen molar-refractivity contribution in [1.82, 2.24) is 14.7 Å². The van der Waals surface area contributed by atoms with Crippen LogP contribution in [0, 0.1) is 5.92 Å². The molecule has 1 amide bonds. The molecule has 1 aliphatic heterocycles. The highest BCUT2D eigenvalue weighted by Gasteiger charge is 2.37. The zero-order valence-corrected chi connectivity index (χ0v) is 12.9. The van der Waals surface area contributed by atoms with Crippen LogP contribution in [0.5, 0.6) is 0 Å². The third-order valence-electron chi connectivity index (χ3n) is 4.43. The fourth-order valence-corrected chi connectivity index (χ4v) is 3.20. The van der Waals surface area contributed by atoms with E-state index in [0.29, 0.717) is 18.4 Å². The van der Waals surface area contributed by atoms with Gasteiger partial charge in [-0.05, 0) is 38.6 Å². The minimum Gasteiger partial charge on any atom is -0.335 e. The lowest BCUT2D eigenvalue weighted by Crippen LogP contribution is -2.34. The van der Waals surface area contributed by atoms with Gasteiger partial charge in [0.25, 0.3) is 5.91 Å². The topological polar surface area (TPSA) is 64.2 Å². The summed E-state index contributed by atoms with van der Waals surface area (Å²) in [6.45, 7) is 3.56. The van der Waals surface area contributed by atoms with E-state index in [0.717, 1.165) is 24.2 Å². The summed E-state index contributed by atoms with van der Waals surface area (Å²) in [5, 5.41) is 4.28. The number of aryl methyl sites for hydroxylation is 1. The average Bonchev–Trinajstić information content (AvgIpc) is 3.05. The molecule has 1 saturated heterocycles. The minimum absolute atomic E-state index is 0. The van der Waals surface area contributed by atoms with Gasteiger partial charge >= 0.3 is 0 Å². The van der Waals surface area contributed by atoms with Gasteiger partial charge in [-0.25, -0.2) is 0 Å². The van der Waals surface area contributed by atoms with Gasteiger partial charge in [0.05, 0.1) is 17.5 Å². The number of likely N-dealkylation sites (tertiary alicyclic amines) is 1. The standard InChI is InChI=1S/C14H22N4O.ClH/c1-9-5-10(6-15)8-18(9)14(19)12-7-16-17(2)13(12)11-3-4-11;/h7,9-11H,3-6,8,15H2,1-2H3;1H. The number of nitrogens with two attached hydrogens (primary N) is 1. The van der Waals surface area contributed by atoms with Gasteiger partial charge in [0.2, 0.25) is 0 Å². The number of rotatable bonds is 3. The van der Waals surface area contributed by atoms with Crippen molar-refractivity contribution >= 4 is 18.3 Å². The molecule has 0 spiro atoms. The Labute approximate surface area is 125 Å². The zero-order valence-electron chi connectivity index (χ0n) is 12.1. The average molecular weight is 299 g/mol. The Morgan fingerprint density at radius 2 is 2.20 bits per heavy atom. The quantitative estimate of drug-likeness (QED) is 0.920. The third-order valence-corrected chi connectivity index (χ3v) is 4.43. The van der Waals surface area contributed by atoms with Gasteiger partial charge in [-0.1, -0.05) is 0 Å². The van der Waals surface area contributed by atoms with E-state index in [9.17, 15) is 4.79 Å². The van der Waals surface area contributed by atoms with E-state index < -0.39 is 0 Å². The molecule has 0 bridgehead atoms. The van der Waals surface area contributed by atoms with E-state index in [1.807, 2.05) is 16.6 Å². The highest BCUT2D eigenvalue weighted by molar-refractivity contribution is 5.95. The van der Waals surface area contributed by atoms with Crippen LogP contribution in [-0.2, 0) is 7.05 Å².